The molecule has 0 aliphatic carbocycles. The topological polar surface area (TPSA) is 109 Å². The van der Waals surface area contributed by atoms with Crippen molar-refractivity contribution in [2.45, 2.75) is 23.7 Å². The summed E-state index contributed by atoms with van der Waals surface area (Å²) in [5.74, 6) is -0.314. The van der Waals surface area contributed by atoms with E-state index in [1.54, 1.807) is 35.7 Å². The smallest absolute Gasteiger partial charge is 0.277 e. The Morgan fingerprint density at radius 1 is 1.19 bits per heavy atom. The standard InChI is InChI=1S/C20H20N6O3S3/c1-25-7-3-8-26-14(12-25)11-16(23-26)19(27)22-20-21-15-6-5-13(10-17(15)31-20)24-32(28,29)18-4-2-9-30-18/h2,4-6,9-11,24H,3,7-8,12H2,1H3,(H,21,22,27). The lowest BCUT2D eigenvalue weighted by molar-refractivity contribution is 0.102. The van der Waals surface area contributed by atoms with Crippen molar-refractivity contribution in [1.29, 1.82) is 0 Å². The van der Waals surface area contributed by atoms with Crippen molar-refractivity contribution in [3.63, 3.8) is 0 Å². The van der Waals surface area contributed by atoms with Crippen LogP contribution < -0.4 is 10.0 Å². The van der Waals surface area contributed by atoms with E-state index < -0.39 is 10.0 Å². The molecule has 5 rings (SSSR count). The first-order valence-corrected chi connectivity index (χ1v) is 13.1. The van der Waals surface area contributed by atoms with Gasteiger partial charge in [-0.25, -0.2) is 13.4 Å². The van der Waals surface area contributed by atoms with Crippen LogP contribution in [0.5, 0.6) is 0 Å². The average molecular weight is 489 g/mol. The number of anilines is 2. The highest BCUT2D eigenvalue weighted by Gasteiger charge is 2.20. The van der Waals surface area contributed by atoms with Gasteiger partial charge in [0.25, 0.3) is 15.9 Å². The van der Waals surface area contributed by atoms with Crippen LogP contribution in [0.25, 0.3) is 10.2 Å². The van der Waals surface area contributed by atoms with Gasteiger partial charge in [-0.1, -0.05) is 17.4 Å². The molecule has 0 bridgehead atoms. The maximum Gasteiger partial charge on any atom is 0.277 e. The third-order valence-corrected chi connectivity index (χ3v) is 8.77. The maximum absolute atomic E-state index is 12.7. The van der Waals surface area contributed by atoms with E-state index in [0.29, 0.717) is 22.0 Å². The zero-order chi connectivity index (χ0) is 22.3. The SMILES string of the molecule is CN1CCCn2nc(C(=O)Nc3nc4ccc(NS(=O)(=O)c5cccs5)cc4s3)cc2C1. The van der Waals surface area contributed by atoms with E-state index >= 15 is 0 Å². The molecular weight excluding hydrogens is 468 g/mol. The molecule has 9 nitrogen and oxygen atoms in total. The van der Waals surface area contributed by atoms with Crippen molar-refractivity contribution >= 4 is 59.6 Å². The molecule has 1 aromatic carbocycles. The minimum absolute atomic E-state index is 0.250. The lowest BCUT2D eigenvalue weighted by Crippen LogP contribution is -2.17. The van der Waals surface area contributed by atoms with Gasteiger partial charge in [0.15, 0.2) is 10.8 Å². The molecule has 4 aromatic rings. The monoisotopic (exact) mass is 488 g/mol. The number of thiophene rings is 1. The molecule has 12 heteroatoms. The molecule has 0 atom stereocenters. The summed E-state index contributed by atoms with van der Waals surface area (Å²) in [7, 11) is -1.57. The lowest BCUT2D eigenvalue weighted by atomic mass is 10.3. The number of hydrogen-bond donors (Lipinski definition) is 2. The van der Waals surface area contributed by atoms with Gasteiger partial charge in [0.05, 0.1) is 21.6 Å². The first kappa shape index (κ1) is 21.1. The molecule has 32 heavy (non-hydrogen) atoms. The number of aromatic nitrogens is 3. The van der Waals surface area contributed by atoms with Gasteiger partial charge in [0, 0.05) is 19.6 Å². The predicted octanol–water partition coefficient (Wildman–Crippen LogP) is 3.44. The van der Waals surface area contributed by atoms with Crippen molar-refractivity contribution in [1.82, 2.24) is 19.7 Å². The molecule has 0 unspecified atom stereocenters. The Hall–Kier alpha value is -2.80. The predicted molar refractivity (Wildman–Crippen MR) is 126 cm³/mol. The van der Waals surface area contributed by atoms with E-state index in [9.17, 15) is 13.2 Å². The van der Waals surface area contributed by atoms with Gasteiger partial charge in [-0.15, -0.1) is 11.3 Å². The Morgan fingerprint density at radius 2 is 2.06 bits per heavy atom. The number of benzene rings is 1. The fraction of sp³-hybridized carbons (Fsp3) is 0.250. The second-order valence-corrected chi connectivity index (χ2v) is 11.4. The number of thiazole rings is 1. The number of amides is 1. The van der Waals surface area contributed by atoms with E-state index in [4.69, 9.17) is 0 Å². The molecule has 1 amide bonds. The maximum atomic E-state index is 12.7. The molecule has 0 saturated carbocycles. The molecule has 0 fully saturated rings. The second-order valence-electron chi connectivity index (χ2n) is 7.53. The summed E-state index contributed by atoms with van der Waals surface area (Å²) in [5, 5.41) is 9.42. The summed E-state index contributed by atoms with van der Waals surface area (Å²) in [5.41, 5.74) is 2.49. The largest absolute Gasteiger partial charge is 0.300 e. The number of carbonyl (C=O) groups excluding carboxylic acids is 1. The molecule has 1 aliphatic rings. The number of sulfonamides is 1. The molecule has 0 radical (unpaired) electrons. The zero-order valence-corrected chi connectivity index (χ0v) is 19.6. The van der Waals surface area contributed by atoms with Crippen LogP contribution in [0.15, 0.2) is 46.0 Å². The Kier molecular flexibility index (Phi) is 5.45. The number of hydrogen-bond acceptors (Lipinski definition) is 8. The van der Waals surface area contributed by atoms with Crippen LogP contribution >= 0.6 is 22.7 Å². The summed E-state index contributed by atoms with van der Waals surface area (Å²) in [6, 6.07) is 10.2. The van der Waals surface area contributed by atoms with Crippen LogP contribution in [-0.4, -0.2) is 47.6 Å². The third-order valence-electron chi connectivity index (χ3n) is 5.06. The molecule has 2 N–H and O–H groups in total. The molecule has 0 saturated heterocycles. The van der Waals surface area contributed by atoms with Crippen LogP contribution in [0.4, 0.5) is 10.8 Å². The van der Waals surface area contributed by atoms with Crippen LogP contribution in [0, 0.1) is 0 Å². The van der Waals surface area contributed by atoms with E-state index in [1.807, 2.05) is 10.7 Å². The van der Waals surface area contributed by atoms with Gasteiger partial charge in [0.1, 0.15) is 4.21 Å². The number of aryl methyl sites for hydroxylation is 1. The summed E-state index contributed by atoms with van der Waals surface area (Å²) in [6.07, 6.45) is 0.989. The number of nitrogens with zero attached hydrogens (tertiary/aromatic N) is 4. The molecular formula is C20H20N6O3S3. The summed E-state index contributed by atoms with van der Waals surface area (Å²) in [6.45, 7) is 2.55. The summed E-state index contributed by atoms with van der Waals surface area (Å²) >= 11 is 2.43. The van der Waals surface area contributed by atoms with E-state index in [-0.39, 0.29) is 10.1 Å². The van der Waals surface area contributed by atoms with Gasteiger partial charge in [-0.3, -0.25) is 19.5 Å². The highest BCUT2D eigenvalue weighted by Crippen LogP contribution is 2.30. The van der Waals surface area contributed by atoms with Crippen molar-refractivity contribution < 1.29 is 13.2 Å². The van der Waals surface area contributed by atoms with Crippen LogP contribution in [0.1, 0.15) is 22.6 Å². The highest BCUT2D eigenvalue weighted by atomic mass is 32.2. The van der Waals surface area contributed by atoms with Crippen molar-refractivity contribution in [3.05, 3.63) is 53.2 Å². The van der Waals surface area contributed by atoms with Gasteiger partial charge >= 0.3 is 0 Å². The number of carbonyl (C=O) groups is 1. The quantitative estimate of drug-likeness (QED) is 0.445. The number of nitrogens with one attached hydrogen (secondary N) is 2. The third kappa shape index (κ3) is 4.26. The van der Waals surface area contributed by atoms with E-state index in [2.05, 4.69) is 32.1 Å². The fourth-order valence-electron chi connectivity index (χ4n) is 3.56. The van der Waals surface area contributed by atoms with Crippen molar-refractivity contribution in [2.75, 3.05) is 23.6 Å². The lowest BCUT2D eigenvalue weighted by Gasteiger charge is -2.10. The minimum Gasteiger partial charge on any atom is -0.300 e. The average Bonchev–Trinajstić information content (AvgIpc) is 3.46. The minimum atomic E-state index is -3.63. The molecule has 3 aromatic heterocycles. The summed E-state index contributed by atoms with van der Waals surface area (Å²) in [4.78, 5) is 19.4. The molecule has 0 spiro atoms. The Labute approximate surface area is 192 Å². The van der Waals surface area contributed by atoms with Crippen LogP contribution in [0.2, 0.25) is 0 Å². The van der Waals surface area contributed by atoms with Crippen LogP contribution in [-0.2, 0) is 23.1 Å². The van der Waals surface area contributed by atoms with Gasteiger partial charge < -0.3 is 4.90 Å². The Balaban J connectivity index is 1.33. The van der Waals surface area contributed by atoms with Crippen LogP contribution in [0.3, 0.4) is 0 Å². The molecule has 4 heterocycles. The van der Waals surface area contributed by atoms with E-state index in [1.165, 1.54) is 11.3 Å². The first-order chi connectivity index (χ1) is 15.4. The van der Waals surface area contributed by atoms with Crippen molar-refractivity contribution in [3.8, 4) is 0 Å². The number of rotatable bonds is 5. The fourth-order valence-corrected chi connectivity index (χ4v) is 6.50. The highest BCUT2D eigenvalue weighted by molar-refractivity contribution is 7.94. The molecule has 1 aliphatic heterocycles. The van der Waals surface area contributed by atoms with Gasteiger partial charge in [-0.2, -0.15) is 5.10 Å². The van der Waals surface area contributed by atoms with Crippen molar-refractivity contribution in [2.24, 2.45) is 0 Å². The summed E-state index contributed by atoms with van der Waals surface area (Å²) < 4.78 is 30.4. The second kappa shape index (κ2) is 8.28. The Bertz CT molecular complexity index is 1390. The van der Waals surface area contributed by atoms with Gasteiger partial charge in [-0.05, 0) is 49.2 Å². The zero-order valence-electron chi connectivity index (χ0n) is 17.1. The number of fused-ring (bicyclic) bond motifs is 2. The molecule has 166 valence electrons. The normalized spacial score (nSPS) is 14.8. The van der Waals surface area contributed by atoms with E-state index in [0.717, 1.165) is 47.8 Å². The van der Waals surface area contributed by atoms with Gasteiger partial charge in [0.2, 0.25) is 0 Å². The first-order valence-electron chi connectivity index (χ1n) is 9.91. The Morgan fingerprint density at radius 3 is 2.88 bits per heavy atom.